The van der Waals surface area contributed by atoms with Crippen molar-refractivity contribution in [2.45, 2.75) is 6.42 Å². The summed E-state index contributed by atoms with van der Waals surface area (Å²) in [7, 11) is 0. The van der Waals surface area contributed by atoms with Crippen LogP contribution < -0.4 is 10.6 Å². The molecule has 0 aliphatic heterocycles. The minimum Gasteiger partial charge on any atom is -0.354 e. The standard InChI is InChI=1S/C18H16Cl2N4/c19-15-7-6-14(12-16(15)20)23-17-9-11-22-18(24-17)21-10-8-13-4-2-1-3-5-13/h1-7,9,11-12H,8,10H2,(H2,21,22,23,24). The number of anilines is 3. The van der Waals surface area contributed by atoms with Gasteiger partial charge in [0.25, 0.3) is 0 Å². The summed E-state index contributed by atoms with van der Waals surface area (Å²) >= 11 is 11.9. The molecule has 0 fully saturated rings. The van der Waals surface area contributed by atoms with Gasteiger partial charge in [-0.3, -0.25) is 0 Å². The molecule has 122 valence electrons. The fourth-order valence-corrected chi connectivity index (χ4v) is 2.50. The monoisotopic (exact) mass is 358 g/mol. The van der Waals surface area contributed by atoms with Crippen LogP contribution in [0.15, 0.2) is 60.8 Å². The smallest absolute Gasteiger partial charge is 0.224 e. The zero-order valence-electron chi connectivity index (χ0n) is 12.8. The number of rotatable bonds is 6. The minimum absolute atomic E-state index is 0.497. The fraction of sp³-hybridized carbons (Fsp3) is 0.111. The first-order valence-corrected chi connectivity index (χ1v) is 8.29. The van der Waals surface area contributed by atoms with Crippen LogP contribution in [0, 0.1) is 0 Å². The molecule has 0 radical (unpaired) electrons. The molecule has 2 N–H and O–H groups in total. The number of aromatic nitrogens is 2. The summed E-state index contributed by atoms with van der Waals surface area (Å²) in [6, 6.07) is 17.4. The zero-order valence-corrected chi connectivity index (χ0v) is 14.3. The van der Waals surface area contributed by atoms with E-state index in [2.05, 4.69) is 32.7 Å². The van der Waals surface area contributed by atoms with E-state index in [0.717, 1.165) is 18.7 Å². The van der Waals surface area contributed by atoms with Gasteiger partial charge in [0.15, 0.2) is 0 Å². The van der Waals surface area contributed by atoms with Gasteiger partial charge in [-0.2, -0.15) is 4.98 Å². The van der Waals surface area contributed by atoms with E-state index < -0.39 is 0 Å². The molecule has 0 spiro atoms. The maximum atomic E-state index is 6.02. The first-order chi connectivity index (χ1) is 11.7. The van der Waals surface area contributed by atoms with Gasteiger partial charge in [0.05, 0.1) is 10.0 Å². The predicted octanol–water partition coefficient (Wildman–Crippen LogP) is 5.18. The van der Waals surface area contributed by atoms with Crippen LogP contribution in [0.3, 0.4) is 0 Å². The van der Waals surface area contributed by atoms with Crippen LogP contribution in [0.2, 0.25) is 10.0 Å². The molecule has 0 aliphatic carbocycles. The third-order valence-electron chi connectivity index (χ3n) is 3.39. The maximum Gasteiger partial charge on any atom is 0.224 e. The highest BCUT2D eigenvalue weighted by molar-refractivity contribution is 6.42. The van der Waals surface area contributed by atoms with Crippen molar-refractivity contribution >= 4 is 40.7 Å². The van der Waals surface area contributed by atoms with Gasteiger partial charge in [0.2, 0.25) is 5.95 Å². The van der Waals surface area contributed by atoms with Crippen molar-refractivity contribution in [3.8, 4) is 0 Å². The van der Waals surface area contributed by atoms with E-state index >= 15 is 0 Å². The van der Waals surface area contributed by atoms with Crippen molar-refractivity contribution in [1.29, 1.82) is 0 Å². The average molecular weight is 359 g/mol. The molecule has 0 unspecified atom stereocenters. The quantitative estimate of drug-likeness (QED) is 0.637. The van der Waals surface area contributed by atoms with Crippen LogP contribution >= 0.6 is 23.2 Å². The predicted molar refractivity (Wildman–Crippen MR) is 100 cm³/mol. The Bertz CT molecular complexity index is 809. The number of nitrogens with one attached hydrogen (secondary N) is 2. The van der Waals surface area contributed by atoms with E-state index in [4.69, 9.17) is 23.2 Å². The van der Waals surface area contributed by atoms with Gasteiger partial charge < -0.3 is 10.6 Å². The third-order valence-corrected chi connectivity index (χ3v) is 4.13. The number of halogens is 2. The van der Waals surface area contributed by atoms with E-state index in [-0.39, 0.29) is 0 Å². The highest BCUT2D eigenvalue weighted by atomic mass is 35.5. The normalized spacial score (nSPS) is 10.4. The summed E-state index contributed by atoms with van der Waals surface area (Å²) in [5.74, 6) is 1.27. The molecule has 4 nitrogen and oxygen atoms in total. The molecule has 3 aromatic rings. The first kappa shape index (κ1) is 16.6. The largest absolute Gasteiger partial charge is 0.354 e. The molecule has 3 rings (SSSR count). The van der Waals surface area contributed by atoms with Gasteiger partial charge in [-0.1, -0.05) is 53.5 Å². The Hall–Kier alpha value is -2.30. The minimum atomic E-state index is 0.497. The van der Waals surface area contributed by atoms with Crippen molar-refractivity contribution in [3.63, 3.8) is 0 Å². The van der Waals surface area contributed by atoms with Gasteiger partial charge in [-0.15, -0.1) is 0 Å². The first-order valence-electron chi connectivity index (χ1n) is 7.53. The molecule has 1 aromatic heterocycles. The molecule has 6 heteroatoms. The Labute approximate surface area is 150 Å². The van der Waals surface area contributed by atoms with E-state index in [1.807, 2.05) is 24.3 Å². The van der Waals surface area contributed by atoms with Crippen LogP contribution in [0.25, 0.3) is 0 Å². The van der Waals surface area contributed by atoms with Crippen LogP contribution in [0.5, 0.6) is 0 Å². The van der Waals surface area contributed by atoms with Gasteiger partial charge in [-0.05, 0) is 36.2 Å². The second-order valence-electron chi connectivity index (χ2n) is 5.18. The van der Waals surface area contributed by atoms with Crippen molar-refractivity contribution in [2.24, 2.45) is 0 Å². The van der Waals surface area contributed by atoms with Gasteiger partial charge in [0, 0.05) is 18.4 Å². The van der Waals surface area contributed by atoms with Gasteiger partial charge >= 0.3 is 0 Å². The molecule has 0 bridgehead atoms. The number of nitrogens with zero attached hydrogens (tertiary/aromatic N) is 2. The molecule has 2 aromatic carbocycles. The second kappa shape index (κ2) is 7.99. The lowest BCUT2D eigenvalue weighted by Gasteiger charge is -2.09. The number of hydrogen-bond acceptors (Lipinski definition) is 4. The van der Waals surface area contributed by atoms with E-state index in [1.165, 1.54) is 5.56 Å². The average Bonchev–Trinajstić information content (AvgIpc) is 2.60. The summed E-state index contributed by atoms with van der Waals surface area (Å²) in [4.78, 5) is 8.68. The molecule has 1 heterocycles. The maximum absolute atomic E-state index is 6.02. The highest BCUT2D eigenvalue weighted by Crippen LogP contribution is 2.26. The Kier molecular flexibility index (Phi) is 5.51. The summed E-state index contributed by atoms with van der Waals surface area (Å²) in [5.41, 5.74) is 2.09. The van der Waals surface area contributed by atoms with Crippen LogP contribution in [-0.4, -0.2) is 16.5 Å². The fourth-order valence-electron chi connectivity index (χ4n) is 2.20. The summed E-state index contributed by atoms with van der Waals surface area (Å²) in [6.45, 7) is 0.764. The lowest BCUT2D eigenvalue weighted by atomic mass is 10.1. The summed E-state index contributed by atoms with van der Waals surface area (Å²) in [6.07, 6.45) is 2.62. The van der Waals surface area contributed by atoms with E-state index in [1.54, 1.807) is 24.4 Å². The lowest BCUT2D eigenvalue weighted by Crippen LogP contribution is -2.08. The van der Waals surface area contributed by atoms with Crippen molar-refractivity contribution in [1.82, 2.24) is 9.97 Å². The van der Waals surface area contributed by atoms with Gasteiger partial charge in [-0.25, -0.2) is 4.98 Å². The molecule has 24 heavy (non-hydrogen) atoms. The zero-order chi connectivity index (χ0) is 16.8. The SMILES string of the molecule is Clc1ccc(Nc2ccnc(NCCc3ccccc3)n2)cc1Cl. The number of hydrogen-bond donors (Lipinski definition) is 2. The Morgan fingerprint density at radius 2 is 1.75 bits per heavy atom. The van der Waals surface area contributed by atoms with Gasteiger partial charge in [0.1, 0.15) is 5.82 Å². The molecule has 0 saturated carbocycles. The highest BCUT2D eigenvalue weighted by Gasteiger charge is 2.03. The molecule has 0 atom stereocenters. The van der Waals surface area contributed by atoms with Crippen molar-refractivity contribution < 1.29 is 0 Å². The Morgan fingerprint density at radius 1 is 0.917 bits per heavy atom. The van der Waals surface area contributed by atoms with E-state index in [9.17, 15) is 0 Å². The van der Waals surface area contributed by atoms with Crippen molar-refractivity contribution in [3.05, 3.63) is 76.4 Å². The number of benzene rings is 2. The Morgan fingerprint density at radius 3 is 2.54 bits per heavy atom. The Balaban J connectivity index is 1.60. The lowest BCUT2D eigenvalue weighted by molar-refractivity contribution is 0.985. The molecule has 0 amide bonds. The second-order valence-corrected chi connectivity index (χ2v) is 6.00. The molecular weight excluding hydrogens is 343 g/mol. The van der Waals surface area contributed by atoms with Crippen LogP contribution in [0.4, 0.5) is 17.5 Å². The third kappa shape index (κ3) is 4.60. The van der Waals surface area contributed by atoms with Crippen LogP contribution in [0.1, 0.15) is 5.56 Å². The summed E-state index contributed by atoms with van der Waals surface area (Å²) in [5, 5.41) is 7.44. The summed E-state index contributed by atoms with van der Waals surface area (Å²) < 4.78 is 0. The topological polar surface area (TPSA) is 49.8 Å². The molecule has 0 saturated heterocycles. The van der Waals surface area contributed by atoms with Crippen molar-refractivity contribution in [2.75, 3.05) is 17.2 Å². The van der Waals surface area contributed by atoms with Crippen LogP contribution in [-0.2, 0) is 6.42 Å². The van der Waals surface area contributed by atoms with E-state index in [0.29, 0.717) is 21.8 Å². The molecule has 0 aliphatic rings. The molecular formula is C18H16Cl2N4.